The molecule has 33 heavy (non-hydrogen) atoms. The number of benzene rings is 2. The molecule has 2 amide bonds. The molecule has 0 aromatic heterocycles. The van der Waals surface area contributed by atoms with Gasteiger partial charge >= 0.3 is 18.2 Å². The molecule has 9 heteroatoms. The van der Waals surface area contributed by atoms with Gasteiger partial charge in [-0.1, -0.05) is 42.5 Å². The van der Waals surface area contributed by atoms with Crippen molar-refractivity contribution in [1.82, 2.24) is 10.6 Å². The van der Waals surface area contributed by atoms with E-state index in [2.05, 4.69) is 10.6 Å². The lowest BCUT2D eigenvalue weighted by atomic mass is 10.0. The van der Waals surface area contributed by atoms with Gasteiger partial charge < -0.3 is 30.1 Å². The first-order valence-electron chi connectivity index (χ1n) is 10.4. The minimum absolute atomic E-state index is 0.0345. The molecule has 178 valence electrons. The lowest BCUT2D eigenvalue weighted by Gasteiger charge is -2.21. The number of rotatable bonds is 8. The minimum atomic E-state index is -1.37. The number of carboxylic acid groups (broad SMARTS) is 1. The number of carbonyl (C=O) groups excluding carboxylic acids is 2. The highest BCUT2D eigenvalue weighted by Crippen LogP contribution is 2.29. The van der Waals surface area contributed by atoms with Gasteiger partial charge in [0.25, 0.3) is 0 Å². The van der Waals surface area contributed by atoms with E-state index in [4.69, 9.17) is 9.47 Å². The molecule has 0 saturated heterocycles. The number of nitrogens with zero attached hydrogens (tertiary/aromatic N) is 1. The molecular formula is C24H31N3O6. The number of hydrogen-bond acceptors (Lipinski definition) is 6. The zero-order valence-electron chi connectivity index (χ0n) is 19.5. The predicted molar refractivity (Wildman–Crippen MR) is 125 cm³/mol. The van der Waals surface area contributed by atoms with Crippen LogP contribution in [0.15, 0.2) is 48.5 Å². The van der Waals surface area contributed by atoms with E-state index in [1.807, 2.05) is 67.5 Å². The van der Waals surface area contributed by atoms with Crippen molar-refractivity contribution < 1.29 is 29.0 Å². The van der Waals surface area contributed by atoms with Gasteiger partial charge in [-0.2, -0.15) is 0 Å². The van der Waals surface area contributed by atoms with Crippen molar-refractivity contribution >= 4 is 23.8 Å². The van der Waals surface area contributed by atoms with E-state index in [9.17, 15) is 19.5 Å². The van der Waals surface area contributed by atoms with Crippen molar-refractivity contribution in [2.45, 2.75) is 39.0 Å². The number of hydrogen-bond donors (Lipinski definition) is 3. The van der Waals surface area contributed by atoms with Gasteiger partial charge in [0.2, 0.25) is 0 Å². The van der Waals surface area contributed by atoms with Crippen LogP contribution in [0.25, 0.3) is 11.1 Å². The number of anilines is 1. The van der Waals surface area contributed by atoms with Gasteiger partial charge in [-0.25, -0.2) is 14.4 Å². The molecular weight excluding hydrogens is 426 g/mol. The lowest BCUT2D eigenvalue weighted by molar-refractivity contribution is -0.139. The average molecular weight is 458 g/mol. The molecule has 0 aliphatic carbocycles. The first-order chi connectivity index (χ1) is 15.5. The fourth-order valence-electron chi connectivity index (χ4n) is 2.92. The van der Waals surface area contributed by atoms with E-state index in [0.717, 1.165) is 22.4 Å². The third-order valence-electron chi connectivity index (χ3n) is 4.46. The van der Waals surface area contributed by atoms with Crippen molar-refractivity contribution in [1.29, 1.82) is 0 Å². The molecule has 2 aromatic rings. The molecule has 1 atom stereocenters. The van der Waals surface area contributed by atoms with Crippen LogP contribution < -0.4 is 15.5 Å². The predicted octanol–water partition coefficient (Wildman–Crippen LogP) is 3.62. The van der Waals surface area contributed by atoms with E-state index in [-0.39, 0.29) is 13.2 Å². The van der Waals surface area contributed by atoms with Crippen molar-refractivity contribution in [2.24, 2.45) is 0 Å². The molecule has 3 N–H and O–H groups in total. The molecule has 2 rings (SSSR count). The Hall–Kier alpha value is -3.75. The van der Waals surface area contributed by atoms with E-state index in [1.165, 1.54) is 0 Å². The van der Waals surface area contributed by atoms with Gasteiger partial charge in [0.1, 0.15) is 18.2 Å². The molecule has 0 saturated carbocycles. The van der Waals surface area contributed by atoms with Crippen LogP contribution in [0, 0.1) is 0 Å². The van der Waals surface area contributed by atoms with E-state index in [0.29, 0.717) is 0 Å². The summed E-state index contributed by atoms with van der Waals surface area (Å²) in [7, 11) is 3.96. The third kappa shape index (κ3) is 8.36. The maximum Gasteiger partial charge on any atom is 0.408 e. The summed E-state index contributed by atoms with van der Waals surface area (Å²) >= 11 is 0. The van der Waals surface area contributed by atoms with Gasteiger partial charge in [-0.3, -0.25) is 0 Å². The van der Waals surface area contributed by atoms with Crippen LogP contribution in [0.3, 0.4) is 0 Å². The number of carbonyl (C=O) groups is 3. The highest BCUT2D eigenvalue weighted by atomic mass is 16.6. The molecule has 0 aliphatic heterocycles. The van der Waals surface area contributed by atoms with Crippen LogP contribution in [0.1, 0.15) is 26.3 Å². The monoisotopic (exact) mass is 457 g/mol. The maximum absolute atomic E-state index is 12.1. The first-order valence-corrected chi connectivity index (χ1v) is 10.4. The second-order valence-corrected chi connectivity index (χ2v) is 8.60. The molecule has 9 nitrogen and oxygen atoms in total. The molecule has 0 aliphatic rings. The zero-order valence-corrected chi connectivity index (χ0v) is 19.5. The van der Waals surface area contributed by atoms with Crippen molar-refractivity contribution in [2.75, 3.05) is 25.5 Å². The summed E-state index contributed by atoms with van der Waals surface area (Å²) in [6.45, 7) is 4.67. The van der Waals surface area contributed by atoms with Gasteiger partial charge in [0.05, 0.1) is 6.54 Å². The van der Waals surface area contributed by atoms with Gasteiger partial charge in [0.15, 0.2) is 0 Å². The molecule has 0 radical (unpaired) electrons. The summed E-state index contributed by atoms with van der Waals surface area (Å²) in [5.41, 5.74) is 3.20. The summed E-state index contributed by atoms with van der Waals surface area (Å²) in [5, 5.41) is 13.8. The summed E-state index contributed by atoms with van der Waals surface area (Å²) in [5.74, 6) is -1.31. The number of para-hydroxylation sites is 1. The Morgan fingerprint density at radius 2 is 1.64 bits per heavy atom. The van der Waals surface area contributed by atoms with Crippen molar-refractivity contribution in [3.8, 4) is 11.1 Å². The SMILES string of the molecule is CN(C)c1ccccc1-c1ccc(COC(=O)NC(CNC(=O)OC(C)(C)C)C(=O)O)cc1. The number of amides is 2. The van der Waals surface area contributed by atoms with Crippen molar-refractivity contribution in [3.63, 3.8) is 0 Å². The molecule has 1 unspecified atom stereocenters. The lowest BCUT2D eigenvalue weighted by Crippen LogP contribution is -2.49. The Balaban J connectivity index is 1.90. The standard InChI is InChI=1S/C24H31N3O6/c1-24(2,3)33-22(30)25-14-19(21(28)29)26-23(31)32-15-16-10-12-17(13-11-16)18-8-6-7-9-20(18)27(4)5/h6-13,19H,14-15H2,1-5H3,(H,25,30)(H,26,31)(H,28,29). The van der Waals surface area contributed by atoms with Crippen LogP contribution in [0.4, 0.5) is 15.3 Å². The summed E-state index contributed by atoms with van der Waals surface area (Å²) < 4.78 is 10.2. The van der Waals surface area contributed by atoms with Crippen molar-refractivity contribution in [3.05, 3.63) is 54.1 Å². The van der Waals surface area contributed by atoms with Crippen LogP contribution in [0.2, 0.25) is 0 Å². The molecule has 2 aromatic carbocycles. The zero-order chi connectivity index (χ0) is 24.6. The fraction of sp³-hybridized carbons (Fsp3) is 0.375. The molecule has 0 bridgehead atoms. The number of ether oxygens (including phenoxy) is 2. The number of aliphatic carboxylic acids is 1. The van der Waals surface area contributed by atoms with E-state index in [1.54, 1.807) is 20.8 Å². The maximum atomic E-state index is 12.1. The summed E-state index contributed by atoms with van der Waals surface area (Å²) in [6.07, 6.45) is -1.68. The second kappa shape index (κ2) is 11.2. The Labute approximate surface area is 193 Å². The second-order valence-electron chi connectivity index (χ2n) is 8.60. The van der Waals surface area contributed by atoms with Crippen LogP contribution in [0.5, 0.6) is 0 Å². The minimum Gasteiger partial charge on any atom is -0.480 e. The number of nitrogens with one attached hydrogen (secondary N) is 2. The summed E-state index contributed by atoms with van der Waals surface area (Å²) in [6, 6.07) is 14.2. The largest absolute Gasteiger partial charge is 0.480 e. The average Bonchev–Trinajstić information content (AvgIpc) is 2.74. The first kappa shape index (κ1) is 25.5. The topological polar surface area (TPSA) is 117 Å². The molecule has 0 fully saturated rings. The highest BCUT2D eigenvalue weighted by molar-refractivity contribution is 5.81. The highest BCUT2D eigenvalue weighted by Gasteiger charge is 2.23. The fourth-order valence-corrected chi connectivity index (χ4v) is 2.92. The Morgan fingerprint density at radius 1 is 1.00 bits per heavy atom. The van der Waals surface area contributed by atoms with E-state index >= 15 is 0 Å². The van der Waals surface area contributed by atoms with Gasteiger partial charge in [0, 0.05) is 25.3 Å². The molecule has 0 heterocycles. The van der Waals surface area contributed by atoms with Crippen LogP contribution in [-0.2, 0) is 20.9 Å². The number of alkyl carbamates (subject to hydrolysis) is 2. The normalized spacial score (nSPS) is 11.8. The Kier molecular flexibility index (Phi) is 8.67. The quantitative estimate of drug-likeness (QED) is 0.554. The Bertz CT molecular complexity index is 967. The van der Waals surface area contributed by atoms with E-state index < -0.39 is 29.8 Å². The van der Waals surface area contributed by atoms with Crippen LogP contribution >= 0.6 is 0 Å². The molecule has 0 spiro atoms. The van der Waals surface area contributed by atoms with Gasteiger partial charge in [-0.05, 0) is 38.0 Å². The van der Waals surface area contributed by atoms with Crippen LogP contribution in [-0.4, -0.2) is 55.5 Å². The third-order valence-corrected chi connectivity index (χ3v) is 4.46. The smallest absolute Gasteiger partial charge is 0.408 e. The number of carboxylic acids is 1. The summed E-state index contributed by atoms with van der Waals surface area (Å²) in [4.78, 5) is 37.2. The Morgan fingerprint density at radius 3 is 2.21 bits per heavy atom. The van der Waals surface area contributed by atoms with Gasteiger partial charge in [-0.15, -0.1) is 0 Å².